The minimum absolute atomic E-state index is 0.331. The fourth-order valence-electron chi connectivity index (χ4n) is 2.44. The average molecular weight is 290 g/mol. The fraction of sp³-hybridized carbons (Fsp3) is 0.471. The van der Waals surface area contributed by atoms with Crippen molar-refractivity contribution in [3.63, 3.8) is 0 Å². The molecule has 2 rings (SSSR count). The molecule has 1 aliphatic rings. The number of ether oxygens (including phenoxy) is 1. The van der Waals surface area contributed by atoms with Gasteiger partial charge in [0.2, 0.25) is 0 Å². The van der Waals surface area contributed by atoms with E-state index in [2.05, 4.69) is 6.92 Å². The highest BCUT2D eigenvalue weighted by Gasteiger charge is 2.20. The Hall–Kier alpha value is -1.55. The van der Waals surface area contributed by atoms with E-state index in [1.165, 1.54) is 0 Å². The van der Waals surface area contributed by atoms with Crippen molar-refractivity contribution >= 4 is 5.97 Å². The van der Waals surface area contributed by atoms with E-state index in [0.717, 1.165) is 25.7 Å². The van der Waals surface area contributed by atoms with E-state index in [1.807, 2.05) is 13.0 Å². The minimum atomic E-state index is -0.541. The first kappa shape index (κ1) is 15.8. The standard InChI is InChI=1S/C17H22O4/c1-3-19-16-7-5-4-6-15(16)17(18)21-20-12-14-10-8-13(2)9-11-14/h4-7,12-14H,2-3,8-11H2,1H3. The minimum Gasteiger partial charge on any atom is -0.493 e. The number of rotatable bonds is 6. The van der Waals surface area contributed by atoms with E-state index in [4.69, 9.17) is 14.5 Å². The molecular weight excluding hydrogens is 268 g/mol. The molecule has 0 spiro atoms. The Morgan fingerprint density at radius 3 is 2.71 bits per heavy atom. The van der Waals surface area contributed by atoms with Gasteiger partial charge in [-0.3, -0.25) is 4.89 Å². The van der Waals surface area contributed by atoms with Crippen LogP contribution in [0.2, 0.25) is 0 Å². The van der Waals surface area contributed by atoms with Crippen molar-refractivity contribution in [2.75, 3.05) is 6.61 Å². The average Bonchev–Trinajstić information content (AvgIpc) is 2.50. The molecule has 0 heterocycles. The Morgan fingerprint density at radius 1 is 1.29 bits per heavy atom. The van der Waals surface area contributed by atoms with E-state index in [0.29, 0.717) is 29.8 Å². The van der Waals surface area contributed by atoms with Crippen LogP contribution in [-0.4, -0.2) is 12.6 Å². The van der Waals surface area contributed by atoms with Gasteiger partial charge < -0.3 is 4.74 Å². The van der Waals surface area contributed by atoms with Gasteiger partial charge in [-0.25, -0.2) is 4.79 Å². The van der Waals surface area contributed by atoms with E-state index in [9.17, 15) is 4.79 Å². The molecule has 0 atom stereocenters. The van der Waals surface area contributed by atoms with Gasteiger partial charge in [0, 0.05) is 0 Å². The lowest BCUT2D eigenvalue weighted by molar-refractivity contribution is -0.220. The number of carbonyl (C=O) groups is 1. The van der Waals surface area contributed by atoms with Crippen LogP contribution in [0, 0.1) is 25.4 Å². The fourth-order valence-corrected chi connectivity index (χ4v) is 2.44. The second-order valence-corrected chi connectivity index (χ2v) is 5.31. The van der Waals surface area contributed by atoms with Gasteiger partial charge in [0.25, 0.3) is 0 Å². The predicted octanol–water partition coefficient (Wildman–Crippen LogP) is 3.98. The third kappa shape index (κ3) is 4.74. The molecular formula is C17H22O4. The van der Waals surface area contributed by atoms with E-state index in [-0.39, 0.29) is 0 Å². The summed E-state index contributed by atoms with van der Waals surface area (Å²) in [6.07, 6.45) is 4.24. The molecule has 1 aliphatic carbocycles. The smallest absolute Gasteiger partial charge is 0.376 e. The maximum Gasteiger partial charge on any atom is 0.376 e. The maximum atomic E-state index is 12.0. The van der Waals surface area contributed by atoms with Gasteiger partial charge in [-0.15, -0.1) is 0 Å². The Morgan fingerprint density at radius 2 is 2.00 bits per heavy atom. The van der Waals surface area contributed by atoms with Crippen molar-refractivity contribution in [2.45, 2.75) is 32.6 Å². The van der Waals surface area contributed by atoms with Crippen molar-refractivity contribution in [3.05, 3.63) is 43.4 Å². The monoisotopic (exact) mass is 290 g/mol. The van der Waals surface area contributed by atoms with Gasteiger partial charge in [-0.05, 0) is 43.7 Å². The molecule has 2 radical (unpaired) electrons. The molecule has 0 amide bonds. The third-order valence-corrected chi connectivity index (χ3v) is 3.67. The van der Waals surface area contributed by atoms with Crippen molar-refractivity contribution in [1.82, 2.24) is 0 Å². The summed E-state index contributed by atoms with van der Waals surface area (Å²) >= 11 is 0. The Labute approximate surface area is 126 Å². The molecule has 0 unspecified atom stereocenters. The highest BCUT2D eigenvalue weighted by atomic mass is 17.2. The van der Waals surface area contributed by atoms with E-state index in [1.54, 1.807) is 24.8 Å². The van der Waals surface area contributed by atoms with Crippen molar-refractivity contribution in [3.8, 4) is 5.75 Å². The maximum absolute atomic E-state index is 12.0. The summed E-state index contributed by atoms with van der Waals surface area (Å²) in [6.45, 7) is 8.03. The summed E-state index contributed by atoms with van der Waals surface area (Å²) in [5.74, 6) is 0.834. The lowest BCUT2D eigenvalue weighted by Gasteiger charge is -2.24. The van der Waals surface area contributed by atoms with Gasteiger partial charge in [0.1, 0.15) is 17.9 Å². The highest BCUT2D eigenvalue weighted by Crippen LogP contribution is 2.30. The summed E-state index contributed by atoms with van der Waals surface area (Å²) in [4.78, 5) is 21.8. The van der Waals surface area contributed by atoms with Crippen molar-refractivity contribution in [1.29, 1.82) is 0 Å². The summed E-state index contributed by atoms with van der Waals surface area (Å²) in [5, 5.41) is 0. The Kier molecular flexibility index (Phi) is 6.05. The number of hydrogen-bond acceptors (Lipinski definition) is 4. The number of hydrogen-bond donors (Lipinski definition) is 0. The summed E-state index contributed by atoms with van der Waals surface area (Å²) in [7, 11) is 0. The molecule has 0 saturated heterocycles. The summed E-state index contributed by atoms with van der Waals surface area (Å²) in [6, 6.07) is 6.97. The molecule has 1 saturated carbocycles. The number of para-hydroxylation sites is 1. The topological polar surface area (TPSA) is 44.8 Å². The zero-order valence-electron chi connectivity index (χ0n) is 12.4. The second-order valence-electron chi connectivity index (χ2n) is 5.31. The van der Waals surface area contributed by atoms with Gasteiger partial charge in [-0.1, -0.05) is 31.9 Å². The van der Waals surface area contributed by atoms with Crippen LogP contribution in [0.4, 0.5) is 0 Å². The first-order valence-electron chi connectivity index (χ1n) is 7.46. The first-order valence-corrected chi connectivity index (χ1v) is 7.46. The predicted molar refractivity (Wildman–Crippen MR) is 79.2 cm³/mol. The van der Waals surface area contributed by atoms with Crippen LogP contribution in [-0.2, 0) is 9.78 Å². The first-order chi connectivity index (χ1) is 10.2. The Bertz CT molecular complexity index is 450. The van der Waals surface area contributed by atoms with Gasteiger partial charge in [0.15, 0.2) is 0 Å². The molecule has 114 valence electrons. The van der Waals surface area contributed by atoms with Gasteiger partial charge in [-0.2, -0.15) is 4.89 Å². The molecule has 21 heavy (non-hydrogen) atoms. The van der Waals surface area contributed by atoms with Crippen LogP contribution in [0.15, 0.2) is 24.3 Å². The Balaban J connectivity index is 1.79. The molecule has 4 nitrogen and oxygen atoms in total. The highest BCUT2D eigenvalue weighted by molar-refractivity contribution is 5.92. The summed E-state index contributed by atoms with van der Waals surface area (Å²) < 4.78 is 5.39. The van der Waals surface area contributed by atoms with Gasteiger partial charge in [0.05, 0.1) is 6.61 Å². The second kappa shape index (κ2) is 8.03. The van der Waals surface area contributed by atoms with E-state index < -0.39 is 5.97 Å². The quantitative estimate of drug-likeness (QED) is 0.587. The normalized spacial score (nSPS) is 21.8. The van der Waals surface area contributed by atoms with E-state index >= 15 is 0 Å². The zero-order valence-corrected chi connectivity index (χ0v) is 12.4. The molecule has 1 aromatic carbocycles. The van der Waals surface area contributed by atoms with Crippen molar-refractivity contribution < 1.29 is 19.3 Å². The van der Waals surface area contributed by atoms with Crippen LogP contribution >= 0.6 is 0 Å². The third-order valence-electron chi connectivity index (χ3n) is 3.67. The number of benzene rings is 1. The lowest BCUT2D eigenvalue weighted by Crippen LogP contribution is -2.15. The molecule has 1 fully saturated rings. The molecule has 4 heteroatoms. The lowest BCUT2D eigenvalue weighted by atomic mass is 9.83. The zero-order chi connectivity index (χ0) is 15.1. The summed E-state index contributed by atoms with van der Waals surface area (Å²) in [5.41, 5.74) is 0.370. The van der Waals surface area contributed by atoms with Gasteiger partial charge >= 0.3 is 5.97 Å². The number of carbonyl (C=O) groups excluding carboxylic acids is 1. The van der Waals surface area contributed by atoms with Crippen LogP contribution in [0.3, 0.4) is 0 Å². The van der Waals surface area contributed by atoms with Crippen LogP contribution in [0.5, 0.6) is 5.75 Å². The molecule has 0 N–H and O–H groups in total. The SMILES string of the molecule is [CH2]C1CCC([CH]OOC(=O)c2ccccc2OCC)CC1. The molecule has 0 bridgehead atoms. The van der Waals surface area contributed by atoms with Crippen LogP contribution in [0.1, 0.15) is 43.0 Å². The van der Waals surface area contributed by atoms with Crippen molar-refractivity contribution in [2.24, 2.45) is 11.8 Å². The molecule has 0 aromatic heterocycles. The van der Waals surface area contributed by atoms with Crippen LogP contribution < -0.4 is 4.74 Å². The molecule has 0 aliphatic heterocycles. The molecule has 1 aromatic rings. The largest absolute Gasteiger partial charge is 0.493 e. The van der Waals surface area contributed by atoms with Crippen LogP contribution in [0.25, 0.3) is 0 Å².